The van der Waals surface area contributed by atoms with Gasteiger partial charge in [0.25, 0.3) is 0 Å². The monoisotopic (exact) mass is 252 g/mol. The summed E-state index contributed by atoms with van der Waals surface area (Å²) in [7, 11) is 0. The molecule has 2 aromatic rings. The van der Waals surface area contributed by atoms with E-state index in [1.807, 2.05) is 25.3 Å². The fraction of sp³-hybridized carbons (Fsp3) is 0.250. The quantitative estimate of drug-likeness (QED) is 0.886. The summed E-state index contributed by atoms with van der Waals surface area (Å²) in [6.45, 7) is 4.95. The average Bonchev–Trinajstić information content (AvgIpc) is 2.71. The van der Waals surface area contributed by atoms with E-state index in [1.54, 1.807) is 11.3 Å². The molecular formula is C12H13ClN2S. The predicted molar refractivity (Wildman–Crippen MR) is 71.5 cm³/mol. The van der Waals surface area contributed by atoms with E-state index >= 15 is 0 Å². The van der Waals surface area contributed by atoms with Crippen molar-refractivity contribution in [3.8, 4) is 10.4 Å². The Balaban J connectivity index is 2.31. The van der Waals surface area contributed by atoms with Gasteiger partial charge in [-0.25, -0.2) is 4.98 Å². The van der Waals surface area contributed by atoms with Crippen LogP contribution in [-0.4, -0.2) is 11.5 Å². The molecule has 0 aliphatic heterocycles. The lowest BCUT2D eigenvalue weighted by molar-refractivity contribution is 1.19. The Morgan fingerprint density at radius 3 is 2.94 bits per heavy atom. The van der Waals surface area contributed by atoms with Gasteiger partial charge < -0.3 is 5.32 Å². The summed E-state index contributed by atoms with van der Waals surface area (Å²) in [5.74, 6) is 0. The van der Waals surface area contributed by atoms with Gasteiger partial charge in [0, 0.05) is 17.8 Å². The maximum Gasteiger partial charge on any atom is 0.183 e. The van der Waals surface area contributed by atoms with Gasteiger partial charge in [-0.3, -0.25) is 0 Å². The van der Waals surface area contributed by atoms with Crippen molar-refractivity contribution in [2.24, 2.45) is 0 Å². The lowest BCUT2D eigenvalue weighted by Crippen LogP contribution is -1.94. The molecule has 0 spiro atoms. The zero-order chi connectivity index (χ0) is 11.5. The summed E-state index contributed by atoms with van der Waals surface area (Å²) >= 11 is 7.74. The normalized spacial score (nSPS) is 10.4. The Morgan fingerprint density at radius 1 is 1.44 bits per heavy atom. The predicted octanol–water partition coefficient (Wildman–Crippen LogP) is 4.20. The molecule has 0 atom stereocenters. The van der Waals surface area contributed by atoms with Crippen LogP contribution in [0.2, 0.25) is 5.02 Å². The van der Waals surface area contributed by atoms with E-state index in [9.17, 15) is 0 Å². The van der Waals surface area contributed by atoms with Crippen LogP contribution >= 0.6 is 22.9 Å². The number of nitrogens with one attached hydrogen (secondary N) is 1. The molecule has 2 nitrogen and oxygen atoms in total. The van der Waals surface area contributed by atoms with Crippen LogP contribution in [0.3, 0.4) is 0 Å². The topological polar surface area (TPSA) is 24.9 Å². The van der Waals surface area contributed by atoms with Crippen molar-refractivity contribution in [1.82, 2.24) is 4.98 Å². The fourth-order valence-electron chi connectivity index (χ4n) is 1.39. The summed E-state index contributed by atoms with van der Waals surface area (Å²) in [6, 6.07) is 6.09. The van der Waals surface area contributed by atoms with Crippen molar-refractivity contribution in [2.45, 2.75) is 13.8 Å². The molecule has 0 radical (unpaired) electrons. The zero-order valence-corrected chi connectivity index (χ0v) is 10.8. The number of benzene rings is 1. The Kier molecular flexibility index (Phi) is 3.46. The lowest BCUT2D eigenvalue weighted by Gasteiger charge is -2.00. The van der Waals surface area contributed by atoms with E-state index in [0.29, 0.717) is 0 Å². The minimum atomic E-state index is 0.802. The van der Waals surface area contributed by atoms with E-state index in [0.717, 1.165) is 32.7 Å². The third-order valence-corrected chi connectivity index (χ3v) is 3.70. The molecule has 16 heavy (non-hydrogen) atoms. The molecule has 84 valence electrons. The Bertz CT molecular complexity index is 494. The number of aromatic nitrogens is 1. The highest BCUT2D eigenvalue weighted by molar-refractivity contribution is 7.18. The number of rotatable bonds is 3. The number of anilines is 1. The lowest BCUT2D eigenvalue weighted by atomic mass is 10.1. The minimum absolute atomic E-state index is 0.802. The first-order valence-corrected chi connectivity index (χ1v) is 6.36. The third-order valence-electron chi connectivity index (χ3n) is 2.29. The van der Waals surface area contributed by atoms with E-state index in [1.165, 1.54) is 0 Å². The molecule has 1 heterocycles. The molecule has 1 aromatic carbocycles. The summed E-state index contributed by atoms with van der Waals surface area (Å²) in [4.78, 5) is 5.44. The highest BCUT2D eigenvalue weighted by atomic mass is 35.5. The highest BCUT2D eigenvalue weighted by Crippen LogP contribution is 2.31. The van der Waals surface area contributed by atoms with Crippen LogP contribution in [-0.2, 0) is 0 Å². The number of aryl methyl sites for hydroxylation is 1. The van der Waals surface area contributed by atoms with Gasteiger partial charge in [-0.05, 0) is 31.0 Å². The van der Waals surface area contributed by atoms with Crippen LogP contribution in [0.15, 0.2) is 24.4 Å². The van der Waals surface area contributed by atoms with E-state index in [2.05, 4.69) is 23.3 Å². The maximum atomic E-state index is 6.10. The Labute approximate surface area is 104 Å². The molecule has 1 N–H and O–H groups in total. The highest BCUT2D eigenvalue weighted by Gasteiger charge is 2.05. The summed E-state index contributed by atoms with van der Waals surface area (Å²) in [6.07, 6.45) is 1.88. The molecule has 1 aromatic heterocycles. The summed E-state index contributed by atoms with van der Waals surface area (Å²) < 4.78 is 0. The van der Waals surface area contributed by atoms with E-state index in [4.69, 9.17) is 11.6 Å². The SMILES string of the molecule is CCNc1ncc(-c2ccc(C)c(Cl)c2)s1. The fourth-order valence-corrected chi connectivity index (χ4v) is 2.45. The van der Waals surface area contributed by atoms with Crippen molar-refractivity contribution in [1.29, 1.82) is 0 Å². The van der Waals surface area contributed by atoms with E-state index < -0.39 is 0 Å². The van der Waals surface area contributed by atoms with Crippen LogP contribution in [0.25, 0.3) is 10.4 Å². The summed E-state index contributed by atoms with van der Waals surface area (Å²) in [5.41, 5.74) is 2.22. The molecule has 0 saturated carbocycles. The van der Waals surface area contributed by atoms with Gasteiger partial charge in [-0.15, -0.1) is 0 Å². The van der Waals surface area contributed by atoms with Gasteiger partial charge in [0.15, 0.2) is 5.13 Å². The number of hydrogen-bond donors (Lipinski definition) is 1. The first-order chi connectivity index (χ1) is 7.70. The first-order valence-electron chi connectivity index (χ1n) is 5.17. The average molecular weight is 253 g/mol. The van der Waals surface area contributed by atoms with Crippen molar-refractivity contribution in [3.63, 3.8) is 0 Å². The Morgan fingerprint density at radius 2 is 2.25 bits per heavy atom. The van der Waals surface area contributed by atoms with Crippen LogP contribution in [0.4, 0.5) is 5.13 Å². The number of halogens is 1. The largest absolute Gasteiger partial charge is 0.362 e. The van der Waals surface area contributed by atoms with Gasteiger partial charge in [0.1, 0.15) is 0 Å². The molecule has 2 rings (SSSR count). The van der Waals surface area contributed by atoms with Crippen LogP contribution in [0.5, 0.6) is 0 Å². The smallest absolute Gasteiger partial charge is 0.183 e. The first kappa shape index (κ1) is 11.4. The number of thiazole rings is 1. The second-order valence-corrected chi connectivity index (χ2v) is 4.96. The Hall–Kier alpha value is -1.06. The van der Waals surface area contributed by atoms with Crippen LogP contribution in [0, 0.1) is 6.92 Å². The molecule has 0 saturated heterocycles. The van der Waals surface area contributed by atoms with Crippen molar-refractivity contribution in [3.05, 3.63) is 35.0 Å². The third kappa shape index (κ3) is 2.36. The second kappa shape index (κ2) is 4.85. The maximum absolute atomic E-state index is 6.10. The molecule has 0 aliphatic rings. The molecule has 0 fully saturated rings. The molecule has 0 bridgehead atoms. The van der Waals surface area contributed by atoms with Gasteiger partial charge in [0.2, 0.25) is 0 Å². The summed E-state index contributed by atoms with van der Waals surface area (Å²) in [5, 5.41) is 4.95. The van der Waals surface area contributed by atoms with Crippen molar-refractivity contribution < 1.29 is 0 Å². The molecule has 0 aliphatic carbocycles. The van der Waals surface area contributed by atoms with Gasteiger partial charge in [-0.2, -0.15) is 0 Å². The second-order valence-electron chi connectivity index (χ2n) is 3.52. The zero-order valence-electron chi connectivity index (χ0n) is 9.25. The van der Waals surface area contributed by atoms with Gasteiger partial charge in [0.05, 0.1) is 4.88 Å². The molecule has 4 heteroatoms. The van der Waals surface area contributed by atoms with Crippen molar-refractivity contribution in [2.75, 3.05) is 11.9 Å². The van der Waals surface area contributed by atoms with Gasteiger partial charge in [-0.1, -0.05) is 35.1 Å². The van der Waals surface area contributed by atoms with Gasteiger partial charge >= 0.3 is 0 Å². The molecular weight excluding hydrogens is 240 g/mol. The van der Waals surface area contributed by atoms with Crippen LogP contribution < -0.4 is 5.32 Å². The number of nitrogens with zero attached hydrogens (tertiary/aromatic N) is 1. The molecule has 0 amide bonds. The van der Waals surface area contributed by atoms with Crippen LogP contribution in [0.1, 0.15) is 12.5 Å². The van der Waals surface area contributed by atoms with Crippen molar-refractivity contribution >= 4 is 28.1 Å². The van der Waals surface area contributed by atoms with E-state index in [-0.39, 0.29) is 0 Å². The number of hydrogen-bond acceptors (Lipinski definition) is 3. The minimum Gasteiger partial charge on any atom is -0.362 e. The standard InChI is InChI=1S/C12H13ClN2S/c1-3-14-12-15-7-11(16-12)9-5-4-8(2)10(13)6-9/h4-7H,3H2,1-2H3,(H,14,15). The molecule has 0 unspecified atom stereocenters.